The molecule has 0 amide bonds. The number of benzene rings is 1. The molecule has 0 spiro atoms. The Morgan fingerprint density at radius 3 is 2.93 bits per heavy atom. The molecule has 1 fully saturated rings. The first-order valence-corrected chi connectivity index (χ1v) is 5.91. The van der Waals surface area contributed by atoms with Crippen LogP contribution in [0.15, 0.2) is 23.1 Å². The highest BCUT2D eigenvalue weighted by molar-refractivity contribution is 8.00. The lowest BCUT2D eigenvalue weighted by molar-refractivity contribution is 0.402. The van der Waals surface area contributed by atoms with Crippen LogP contribution in [-0.4, -0.2) is 12.4 Å². The molecular formula is C12H14OS. The molecule has 1 aliphatic carbocycles. The van der Waals surface area contributed by atoms with Gasteiger partial charge < -0.3 is 4.74 Å². The summed E-state index contributed by atoms with van der Waals surface area (Å²) in [7, 11) is 1.77. The monoisotopic (exact) mass is 206 g/mol. The first-order chi connectivity index (χ1) is 6.69. The van der Waals surface area contributed by atoms with Crippen molar-refractivity contribution in [2.45, 2.75) is 29.4 Å². The summed E-state index contributed by atoms with van der Waals surface area (Å²) in [5, 5.41) is 0.786. The topological polar surface area (TPSA) is 9.23 Å². The van der Waals surface area contributed by atoms with Gasteiger partial charge in [-0.1, -0.05) is 19.9 Å². The standard InChI is InChI=1S/C12H14OS/c1-7-11-12(7,2)10-8(13-3)5-4-6-9(10)14-11/h4-7,11H,1-3H3. The third-order valence-electron chi connectivity index (χ3n) is 3.88. The Bertz CT molecular complexity index is 401. The highest BCUT2D eigenvalue weighted by atomic mass is 32.2. The van der Waals surface area contributed by atoms with Crippen LogP contribution >= 0.6 is 11.8 Å². The molecule has 0 radical (unpaired) electrons. The third-order valence-corrected chi connectivity index (χ3v) is 5.63. The number of hydrogen-bond acceptors (Lipinski definition) is 2. The fourth-order valence-electron chi connectivity index (χ4n) is 2.72. The molecule has 3 unspecified atom stereocenters. The van der Waals surface area contributed by atoms with Gasteiger partial charge in [0.2, 0.25) is 0 Å². The SMILES string of the molecule is COc1cccc2c1C1(C)C(C)C1S2. The van der Waals surface area contributed by atoms with E-state index in [0.717, 1.165) is 16.9 Å². The summed E-state index contributed by atoms with van der Waals surface area (Å²) in [5.74, 6) is 1.88. The minimum atomic E-state index is 0.382. The molecule has 1 saturated carbocycles. The van der Waals surface area contributed by atoms with E-state index in [9.17, 15) is 0 Å². The zero-order valence-corrected chi connectivity index (χ0v) is 9.52. The van der Waals surface area contributed by atoms with Crippen molar-refractivity contribution in [2.75, 3.05) is 7.11 Å². The van der Waals surface area contributed by atoms with E-state index in [0.29, 0.717) is 5.41 Å². The number of hydrogen-bond donors (Lipinski definition) is 0. The van der Waals surface area contributed by atoms with Gasteiger partial charge in [-0.25, -0.2) is 0 Å². The van der Waals surface area contributed by atoms with Crippen LogP contribution in [0, 0.1) is 5.92 Å². The van der Waals surface area contributed by atoms with Crippen molar-refractivity contribution < 1.29 is 4.74 Å². The second-order valence-corrected chi connectivity index (χ2v) is 5.63. The average Bonchev–Trinajstić information content (AvgIpc) is 2.60. The van der Waals surface area contributed by atoms with Crippen molar-refractivity contribution in [2.24, 2.45) is 5.92 Å². The molecule has 0 aromatic heterocycles. The fourth-order valence-corrected chi connectivity index (χ4v) is 4.58. The Morgan fingerprint density at radius 2 is 2.21 bits per heavy atom. The molecule has 1 aromatic carbocycles. The van der Waals surface area contributed by atoms with Crippen LogP contribution in [0.2, 0.25) is 0 Å². The maximum absolute atomic E-state index is 5.45. The lowest BCUT2D eigenvalue weighted by Gasteiger charge is -2.14. The van der Waals surface area contributed by atoms with Gasteiger partial charge in [-0.15, -0.1) is 11.8 Å². The first-order valence-electron chi connectivity index (χ1n) is 5.03. The average molecular weight is 206 g/mol. The number of rotatable bonds is 1. The lowest BCUT2D eigenvalue weighted by Crippen LogP contribution is -2.06. The van der Waals surface area contributed by atoms with Crippen molar-refractivity contribution in [1.82, 2.24) is 0 Å². The second kappa shape index (κ2) is 2.48. The zero-order chi connectivity index (χ0) is 9.92. The highest BCUT2D eigenvalue weighted by Gasteiger charge is 2.65. The van der Waals surface area contributed by atoms with E-state index in [4.69, 9.17) is 4.74 Å². The Hall–Kier alpha value is -0.630. The van der Waals surface area contributed by atoms with Gasteiger partial charge in [0, 0.05) is 21.1 Å². The molecule has 1 heterocycles. The Kier molecular flexibility index (Phi) is 1.54. The van der Waals surface area contributed by atoms with E-state index in [2.05, 4.69) is 32.0 Å². The van der Waals surface area contributed by atoms with Gasteiger partial charge in [0.15, 0.2) is 0 Å². The van der Waals surface area contributed by atoms with E-state index in [-0.39, 0.29) is 0 Å². The smallest absolute Gasteiger partial charge is 0.123 e. The van der Waals surface area contributed by atoms with Gasteiger partial charge in [0.1, 0.15) is 5.75 Å². The number of thioether (sulfide) groups is 1. The number of ether oxygens (including phenoxy) is 1. The minimum absolute atomic E-state index is 0.382. The van der Waals surface area contributed by atoms with Crippen LogP contribution in [0.5, 0.6) is 5.75 Å². The van der Waals surface area contributed by atoms with Crippen molar-refractivity contribution in [3.8, 4) is 5.75 Å². The summed E-state index contributed by atoms with van der Waals surface area (Å²) >= 11 is 2.02. The zero-order valence-electron chi connectivity index (χ0n) is 8.70. The summed E-state index contributed by atoms with van der Waals surface area (Å²) in [4.78, 5) is 1.43. The van der Waals surface area contributed by atoms with Crippen molar-refractivity contribution in [3.63, 3.8) is 0 Å². The fraction of sp³-hybridized carbons (Fsp3) is 0.500. The molecule has 0 N–H and O–H groups in total. The molecule has 74 valence electrons. The lowest BCUT2D eigenvalue weighted by atomic mass is 9.95. The first kappa shape index (κ1) is 8.66. The third kappa shape index (κ3) is 0.789. The number of fused-ring (bicyclic) bond motifs is 3. The molecule has 1 nitrogen and oxygen atoms in total. The van der Waals surface area contributed by atoms with Crippen LogP contribution in [0.4, 0.5) is 0 Å². The summed E-state index contributed by atoms with van der Waals surface area (Å²) in [5.41, 5.74) is 1.83. The van der Waals surface area contributed by atoms with Crippen molar-refractivity contribution in [1.29, 1.82) is 0 Å². The molecule has 14 heavy (non-hydrogen) atoms. The summed E-state index contributed by atoms with van der Waals surface area (Å²) < 4.78 is 5.45. The molecule has 0 bridgehead atoms. The second-order valence-electron chi connectivity index (χ2n) is 4.44. The van der Waals surface area contributed by atoms with Crippen LogP contribution < -0.4 is 4.74 Å². The van der Waals surface area contributed by atoms with Crippen LogP contribution in [0.25, 0.3) is 0 Å². The van der Waals surface area contributed by atoms with Gasteiger partial charge in [-0.2, -0.15) is 0 Å². The minimum Gasteiger partial charge on any atom is -0.496 e. The quantitative estimate of drug-likeness (QED) is 0.698. The van der Waals surface area contributed by atoms with E-state index in [1.165, 1.54) is 10.5 Å². The highest BCUT2D eigenvalue weighted by Crippen LogP contribution is 2.70. The molecule has 0 saturated heterocycles. The molecule has 3 rings (SSSR count). The van der Waals surface area contributed by atoms with Gasteiger partial charge in [0.05, 0.1) is 7.11 Å². The maximum Gasteiger partial charge on any atom is 0.123 e. The molecule has 2 aliphatic rings. The van der Waals surface area contributed by atoms with E-state index in [1.807, 2.05) is 11.8 Å². The van der Waals surface area contributed by atoms with Crippen molar-refractivity contribution >= 4 is 11.8 Å². The Morgan fingerprint density at radius 1 is 1.43 bits per heavy atom. The van der Waals surface area contributed by atoms with Gasteiger partial charge in [-0.3, -0.25) is 0 Å². The van der Waals surface area contributed by atoms with Crippen molar-refractivity contribution in [3.05, 3.63) is 23.8 Å². The summed E-state index contributed by atoms with van der Waals surface area (Å²) in [6, 6.07) is 6.38. The van der Waals surface area contributed by atoms with Crippen LogP contribution in [0.1, 0.15) is 19.4 Å². The number of methoxy groups -OCH3 is 1. The predicted octanol–water partition coefficient (Wildman–Crippen LogP) is 3.08. The van der Waals surface area contributed by atoms with Gasteiger partial charge >= 0.3 is 0 Å². The molecule has 2 heteroatoms. The Balaban J connectivity index is 2.20. The molecule has 1 aliphatic heterocycles. The largest absolute Gasteiger partial charge is 0.496 e. The normalized spacial score (nSPS) is 37.6. The van der Waals surface area contributed by atoms with Crippen LogP contribution in [-0.2, 0) is 5.41 Å². The van der Waals surface area contributed by atoms with E-state index in [1.54, 1.807) is 7.11 Å². The van der Waals surface area contributed by atoms with Gasteiger partial charge in [-0.05, 0) is 18.1 Å². The van der Waals surface area contributed by atoms with Gasteiger partial charge in [0.25, 0.3) is 0 Å². The predicted molar refractivity (Wildman–Crippen MR) is 59.2 cm³/mol. The Labute approximate surface area is 88.8 Å². The van der Waals surface area contributed by atoms with E-state index >= 15 is 0 Å². The van der Waals surface area contributed by atoms with E-state index < -0.39 is 0 Å². The summed E-state index contributed by atoms with van der Waals surface area (Å²) in [6.45, 7) is 4.71. The maximum atomic E-state index is 5.45. The molecule has 1 aromatic rings. The summed E-state index contributed by atoms with van der Waals surface area (Å²) in [6.07, 6.45) is 0. The molecule has 3 atom stereocenters. The van der Waals surface area contributed by atoms with Crippen LogP contribution in [0.3, 0.4) is 0 Å². The molecular weight excluding hydrogens is 192 g/mol.